The monoisotopic (exact) mass is 400 g/mol. The normalized spacial score (nSPS) is 9.79. The van der Waals surface area contributed by atoms with Gasteiger partial charge in [-0.15, -0.1) is 0 Å². The quantitative estimate of drug-likeness (QED) is 0.533. The molecule has 0 spiro atoms. The van der Waals surface area contributed by atoms with Gasteiger partial charge in [-0.25, -0.2) is 4.79 Å². The second-order valence-corrected chi connectivity index (χ2v) is 6.05. The number of halogens is 1. The summed E-state index contributed by atoms with van der Waals surface area (Å²) in [7, 11) is 0. The predicted molar refractivity (Wildman–Crippen MR) is 105 cm³/mol. The van der Waals surface area contributed by atoms with Crippen LogP contribution in [0.25, 0.3) is 0 Å². The summed E-state index contributed by atoms with van der Waals surface area (Å²) >= 11 is 5.81. The molecule has 3 aromatic rings. The number of carboxylic acids is 1. The molecule has 0 saturated heterocycles. The molecule has 144 valence electrons. The lowest BCUT2D eigenvalue weighted by atomic mass is 10.1. The Balaban J connectivity index is 0.000000261. The van der Waals surface area contributed by atoms with Crippen molar-refractivity contribution in [3.05, 3.63) is 82.0 Å². The van der Waals surface area contributed by atoms with Crippen molar-refractivity contribution in [1.82, 2.24) is 10.2 Å². The van der Waals surface area contributed by atoms with E-state index >= 15 is 0 Å². The van der Waals surface area contributed by atoms with Crippen LogP contribution in [-0.2, 0) is 0 Å². The van der Waals surface area contributed by atoms with Gasteiger partial charge in [0, 0.05) is 22.2 Å². The van der Waals surface area contributed by atoms with Crippen LogP contribution in [0.5, 0.6) is 0 Å². The SMILES string of the molecule is Cc1cc(Cl)ccc1C(=O)Nc1cc(C(=O)O)[nH]n1.NC(=O)c1ccccc1. The summed E-state index contributed by atoms with van der Waals surface area (Å²) in [6.45, 7) is 1.76. The highest BCUT2D eigenvalue weighted by atomic mass is 35.5. The number of nitrogens with two attached hydrogens (primary N) is 1. The summed E-state index contributed by atoms with van der Waals surface area (Å²) in [4.78, 5) is 33.1. The fourth-order valence-corrected chi connectivity index (χ4v) is 2.39. The van der Waals surface area contributed by atoms with E-state index in [-0.39, 0.29) is 23.3 Å². The van der Waals surface area contributed by atoms with Crippen molar-refractivity contribution in [3.63, 3.8) is 0 Å². The van der Waals surface area contributed by atoms with Gasteiger partial charge in [0.1, 0.15) is 5.69 Å². The first-order chi connectivity index (χ1) is 13.3. The van der Waals surface area contributed by atoms with E-state index in [0.717, 1.165) is 5.56 Å². The third-order valence-corrected chi connectivity index (χ3v) is 3.78. The number of aryl methyl sites for hydroxylation is 1. The minimum absolute atomic E-state index is 0.0943. The number of aromatic carboxylic acids is 1. The van der Waals surface area contributed by atoms with Crippen LogP contribution in [0.2, 0.25) is 5.02 Å². The van der Waals surface area contributed by atoms with Crippen LogP contribution < -0.4 is 11.1 Å². The fraction of sp³-hybridized carbons (Fsp3) is 0.0526. The zero-order valence-electron chi connectivity index (χ0n) is 14.8. The minimum Gasteiger partial charge on any atom is -0.477 e. The summed E-state index contributed by atoms with van der Waals surface area (Å²) in [5.41, 5.74) is 6.60. The van der Waals surface area contributed by atoms with Gasteiger partial charge in [-0.3, -0.25) is 14.7 Å². The van der Waals surface area contributed by atoms with Gasteiger partial charge in [-0.2, -0.15) is 5.10 Å². The molecule has 2 amide bonds. The Morgan fingerprint density at radius 3 is 2.29 bits per heavy atom. The Labute approximate surface area is 165 Å². The van der Waals surface area contributed by atoms with Crippen molar-refractivity contribution in [2.24, 2.45) is 5.73 Å². The number of carbonyl (C=O) groups excluding carboxylic acids is 2. The Morgan fingerprint density at radius 2 is 1.79 bits per heavy atom. The fourth-order valence-electron chi connectivity index (χ4n) is 2.16. The Hall–Kier alpha value is -3.65. The zero-order valence-corrected chi connectivity index (χ0v) is 15.5. The van der Waals surface area contributed by atoms with Crippen molar-refractivity contribution in [1.29, 1.82) is 0 Å². The molecule has 0 atom stereocenters. The number of primary amides is 1. The lowest BCUT2D eigenvalue weighted by Crippen LogP contribution is -2.13. The van der Waals surface area contributed by atoms with Crippen molar-refractivity contribution in [2.45, 2.75) is 6.92 Å². The highest BCUT2D eigenvalue weighted by Crippen LogP contribution is 2.16. The van der Waals surface area contributed by atoms with Gasteiger partial charge in [0.15, 0.2) is 5.82 Å². The van der Waals surface area contributed by atoms with Crippen LogP contribution in [0.15, 0.2) is 54.6 Å². The van der Waals surface area contributed by atoms with Gasteiger partial charge in [-0.05, 0) is 42.8 Å². The molecule has 0 bridgehead atoms. The van der Waals surface area contributed by atoms with Gasteiger partial charge < -0.3 is 16.2 Å². The molecular weight excluding hydrogens is 384 g/mol. The summed E-state index contributed by atoms with van der Waals surface area (Å²) < 4.78 is 0. The Kier molecular flexibility index (Phi) is 6.89. The van der Waals surface area contributed by atoms with Crippen LogP contribution >= 0.6 is 11.6 Å². The smallest absolute Gasteiger partial charge is 0.353 e. The number of rotatable bonds is 4. The second-order valence-electron chi connectivity index (χ2n) is 5.62. The van der Waals surface area contributed by atoms with Crippen LogP contribution in [0.4, 0.5) is 5.82 Å². The third-order valence-electron chi connectivity index (χ3n) is 3.54. The molecule has 1 heterocycles. The maximum Gasteiger partial charge on any atom is 0.353 e. The molecule has 3 rings (SSSR count). The van der Waals surface area contributed by atoms with E-state index in [1.165, 1.54) is 6.07 Å². The van der Waals surface area contributed by atoms with E-state index in [1.807, 2.05) is 6.07 Å². The van der Waals surface area contributed by atoms with E-state index < -0.39 is 5.97 Å². The number of hydrogen-bond acceptors (Lipinski definition) is 4. The molecule has 0 saturated carbocycles. The first-order valence-corrected chi connectivity index (χ1v) is 8.36. The summed E-state index contributed by atoms with van der Waals surface area (Å²) in [6, 6.07) is 14.9. The van der Waals surface area contributed by atoms with Crippen LogP contribution in [0, 0.1) is 6.92 Å². The predicted octanol–water partition coefficient (Wildman–Crippen LogP) is 3.11. The van der Waals surface area contributed by atoms with Crippen molar-refractivity contribution >= 4 is 35.2 Å². The lowest BCUT2D eigenvalue weighted by molar-refractivity contribution is 0.0690. The van der Waals surface area contributed by atoms with Gasteiger partial charge in [-0.1, -0.05) is 29.8 Å². The maximum atomic E-state index is 12.0. The van der Waals surface area contributed by atoms with Crippen LogP contribution in [0.3, 0.4) is 0 Å². The first-order valence-electron chi connectivity index (χ1n) is 7.99. The summed E-state index contributed by atoms with van der Waals surface area (Å²) in [5, 5.41) is 17.8. The first kappa shape index (κ1) is 20.7. The highest BCUT2D eigenvalue weighted by Gasteiger charge is 2.13. The van der Waals surface area contributed by atoms with Crippen molar-refractivity contribution in [3.8, 4) is 0 Å². The molecule has 0 unspecified atom stereocenters. The molecule has 1 aromatic heterocycles. The van der Waals surface area contributed by atoms with Crippen LogP contribution in [0.1, 0.15) is 36.8 Å². The molecule has 0 radical (unpaired) electrons. The molecule has 0 fully saturated rings. The summed E-state index contributed by atoms with van der Waals surface area (Å²) in [5.74, 6) is -1.75. The number of amides is 2. The largest absolute Gasteiger partial charge is 0.477 e. The topological polar surface area (TPSA) is 138 Å². The molecule has 8 nitrogen and oxygen atoms in total. The molecule has 2 aromatic carbocycles. The number of hydrogen-bond donors (Lipinski definition) is 4. The van der Waals surface area contributed by atoms with Crippen molar-refractivity contribution < 1.29 is 19.5 Å². The van der Waals surface area contributed by atoms with Gasteiger partial charge in [0.05, 0.1) is 0 Å². The molecular formula is C19H17ClN4O4. The third kappa shape index (κ3) is 5.68. The number of carboxylic acid groups (broad SMARTS) is 1. The van der Waals surface area contributed by atoms with Crippen molar-refractivity contribution in [2.75, 3.05) is 5.32 Å². The second kappa shape index (κ2) is 9.33. The van der Waals surface area contributed by atoms with E-state index in [9.17, 15) is 14.4 Å². The van der Waals surface area contributed by atoms with Crippen LogP contribution in [-0.4, -0.2) is 33.1 Å². The number of H-pyrrole nitrogens is 1. The average Bonchev–Trinajstić information content (AvgIpc) is 3.11. The number of nitrogens with one attached hydrogen (secondary N) is 2. The Morgan fingerprint density at radius 1 is 1.11 bits per heavy atom. The van der Waals surface area contributed by atoms with E-state index in [1.54, 1.807) is 49.4 Å². The lowest BCUT2D eigenvalue weighted by Gasteiger charge is -2.05. The average molecular weight is 401 g/mol. The number of aromatic nitrogens is 2. The molecule has 0 aliphatic carbocycles. The maximum absolute atomic E-state index is 12.0. The van der Waals surface area contributed by atoms with E-state index in [0.29, 0.717) is 16.1 Å². The summed E-state index contributed by atoms with van der Waals surface area (Å²) in [6.07, 6.45) is 0. The number of benzene rings is 2. The molecule has 0 aliphatic rings. The van der Waals surface area contributed by atoms with Gasteiger partial charge >= 0.3 is 5.97 Å². The highest BCUT2D eigenvalue weighted by molar-refractivity contribution is 6.30. The zero-order chi connectivity index (χ0) is 20.7. The number of nitrogens with zero attached hydrogens (tertiary/aromatic N) is 1. The van der Waals surface area contributed by atoms with E-state index in [2.05, 4.69) is 15.5 Å². The molecule has 9 heteroatoms. The Bertz CT molecular complexity index is 1000. The van der Waals surface area contributed by atoms with Gasteiger partial charge in [0.25, 0.3) is 5.91 Å². The minimum atomic E-state index is -1.14. The number of carbonyl (C=O) groups is 3. The van der Waals surface area contributed by atoms with Gasteiger partial charge in [0.2, 0.25) is 5.91 Å². The molecule has 5 N–H and O–H groups in total. The molecule has 0 aliphatic heterocycles. The number of aromatic amines is 1. The standard InChI is InChI=1S/C12H10ClN3O3.C7H7NO/c1-6-4-7(13)2-3-8(6)11(17)14-10-5-9(12(18)19)15-16-10;8-7(9)6-4-2-1-3-5-6/h2-5H,1H3,(H,18,19)(H2,14,15,16,17);1-5H,(H2,8,9). The molecule has 28 heavy (non-hydrogen) atoms. The number of anilines is 1. The van der Waals surface area contributed by atoms with E-state index in [4.69, 9.17) is 22.4 Å².